The summed E-state index contributed by atoms with van der Waals surface area (Å²) in [6.07, 6.45) is 1.77. The molecule has 0 fully saturated rings. The van der Waals surface area contributed by atoms with Crippen molar-refractivity contribution in [1.82, 2.24) is 9.78 Å². The minimum Gasteiger partial charge on any atom is -0.497 e. The van der Waals surface area contributed by atoms with E-state index in [-0.39, 0.29) is 0 Å². The molecular formula is C12H16N4O. The SMILES string of the molecule is COc1ccc(Nc2nn(C)cc2N)c(C)c1. The Balaban J connectivity index is 2.27. The summed E-state index contributed by atoms with van der Waals surface area (Å²) in [6.45, 7) is 2.00. The van der Waals surface area contributed by atoms with Crippen LogP contribution in [0.5, 0.6) is 5.75 Å². The molecule has 2 aromatic rings. The molecule has 0 aliphatic heterocycles. The number of methoxy groups -OCH3 is 1. The Morgan fingerprint density at radius 1 is 1.41 bits per heavy atom. The van der Waals surface area contributed by atoms with E-state index >= 15 is 0 Å². The van der Waals surface area contributed by atoms with Crippen LogP contribution in [0.1, 0.15) is 5.56 Å². The topological polar surface area (TPSA) is 65.1 Å². The molecule has 2 rings (SSSR count). The van der Waals surface area contributed by atoms with Gasteiger partial charge in [-0.05, 0) is 30.7 Å². The first-order valence-corrected chi connectivity index (χ1v) is 5.31. The van der Waals surface area contributed by atoms with Gasteiger partial charge in [-0.15, -0.1) is 0 Å². The van der Waals surface area contributed by atoms with Crippen LogP contribution in [0.15, 0.2) is 24.4 Å². The number of aryl methyl sites for hydroxylation is 2. The molecule has 0 radical (unpaired) electrons. The Kier molecular flexibility index (Phi) is 2.91. The van der Waals surface area contributed by atoms with Crippen LogP contribution >= 0.6 is 0 Å². The number of nitrogens with two attached hydrogens (primary N) is 1. The van der Waals surface area contributed by atoms with Crippen LogP contribution in [-0.2, 0) is 7.05 Å². The third-order valence-corrected chi connectivity index (χ3v) is 2.54. The summed E-state index contributed by atoms with van der Waals surface area (Å²) in [5, 5.41) is 7.44. The van der Waals surface area contributed by atoms with Gasteiger partial charge in [-0.3, -0.25) is 4.68 Å². The van der Waals surface area contributed by atoms with E-state index < -0.39 is 0 Å². The van der Waals surface area contributed by atoms with Gasteiger partial charge in [0, 0.05) is 18.9 Å². The number of nitrogens with zero attached hydrogens (tertiary/aromatic N) is 2. The maximum absolute atomic E-state index is 5.82. The lowest BCUT2D eigenvalue weighted by molar-refractivity contribution is 0.414. The van der Waals surface area contributed by atoms with Gasteiger partial charge >= 0.3 is 0 Å². The molecule has 0 atom stereocenters. The van der Waals surface area contributed by atoms with Crippen molar-refractivity contribution in [2.75, 3.05) is 18.2 Å². The van der Waals surface area contributed by atoms with Gasteiger partial charge in [0.2, 0.25) is 0 Å². The normalized spacial score (nSPS) is 10.3. The Hall–Kier alpha value is -2.17. The van der Waals surface area contributed by atoms with Crippen molar-refractivity contribution in [3.8, 4) is 5.75 Å². The molecule has 0 spiro atoms. The van der Waals surface area contributed by atoms with Crippen molar-refractivity contribution in [1.29, 1.82) is 0 Å². The zero-order valence-electron chi connectivity index (χ0n) is 10.2. The second-order valence-corrected chi connectivity index (χ2v) is 3.91. The molecule has 0 bridgehead atoms. The molecular weight excluding hydrogens is 216 g/mol. The van der Waals surface area contributed by atoms with E-state index in [4.69, 9.17) is 10.5 Å². The second kappa shape index (κ2) is 4.37. The quantitative estimate of drug-likeness (QED) is 0.850. The maximum Gasteiger partial charge on any atom is 0.175 e. The average Bonchev–Trinajstić information content (AvgIpc) is 2.60. The number of nitrogen functional groups attached to an aromatic ring is 1. The second-order valence-electron chi connectivity index (χ2n) is 3.91. The summed E-state index contributed by atoms with van der Waals surface area (Å²) in [5.74, 6) is 1.50. The summed E-state index contributed by atoms with van der Waals surface area (Å²) in [6, 6.07) is 5.80. The lowest BCUT2D eigenvalue weighted by Crippen LogP contribution is -1.98. The number of benzene rings is 1. The van der Waals surface area contributed by atoms with Crippen LogP contribution in [0, 0.1) is 6.92 Å². The van der Waals surface area contributed by atoms with Gasteiger partial charge in [-0.25, -0.2) is 0 Å². The van der Waals surface area contributed by atoms with Crippen molar-refractivity contribution < 1.29 is 4.74 Å². The van der Waals surface area contributed by atoms with Gasteiger partial charge in [0.15, 0.2) is 5.82 Å². The minimum absolute atomic E-state index is 0.628. The monoisotopic (exact) mass is 232 g/mol. The number of nitrogens with one attached hydrogen (secondary N) is 1. The molecule has 0 aliphatic carbocycles. The summed E-state index contributed by atoms with van der Waals surface area (Å²) < 4.78 is 6.83. The zero-order valence-corrected chi connectivity index (χ0v) is 10.2. The van der Waals surface area contributed by atoms with Gasteiger partial charge in [0.1, 0.15) is 5.75 Å². The Morgan fingerprint density at radius 2 is 2.18 bits per heavy atom. The first kappa shape index (κ1) is 11.3. The summed E-state index contributed by atoms with van der Waals surface area (Å²) >= 11 is 0. The van der Waals surface area contributed by atoms with Crippen molar-refractivity contribution in [2.45, 2.75) is 6.92 Å². The highest BCUT2D eigenvalue weighted by molar-refractivity contribution is 5.70. The van der Waals surface area contributed by atoms with E-state index in [1.807, 2.05) is 32.2 Å². The summed E-state index contributed by atoms with van der Waals surface area (Å²) in [4.78, 5) is 0. The lowest BCUT2D eigenvalue weighted by atomic mass is 10.2. The van der Waals surface area contributed by atoms with Gasteiger partial charge in [0.25, 0.3) is 0 Å². The number of hydrogen-bond acceptors (Lipinski definition) is 4. The largest absolute Gasteiger partial charge is 0.497 e. The fraction of sp³-hybridized carbons (Fsp3) is 0.250. The molecule has 5 heteroatoms. The highest BCUT2D eigenvalue weighted by atomic mass is 16.5. The third kappa shape index (κ3) is 2.33. The first-order chi connectivity index (χ1) is 8.10. The van der Waals surface area contributed by atoms with E-state index in [1.165, 1.54) is 0 Å². The van der Waals surface area contributed by atoms with E-state index in [0.717, 1.165) is 17.0 Å². The first-order valence-electron chi connectivity index (χ1n) is 5.31. The summed E-state index contributed by atoms with van der Waals surface area (Å²) in [7, 11) is 3.49. The smallest absolute Gasteiger partial charge is 0.175 e. The Bertz CT molecular complexity index is 533. The molecule has 5 nitrogen and oxygen atoms in total. The van der Waals surface area contributed by atoms with Crippen molar-refractivity contribution in [2.24, 2.45) is 7.05 Å². The molecule has 90 valence electrons. The van der Waals surface area contributed by atoms with Crippen LogP contribution in [0.3, 0.4) is 0 Å². The average molecular weight is 232 g/mol. The molecule has 0 unspecified atom stereocenters. The van der Waals surface area contributed by atoms with E-state index in [9.17, 15) is 0 Å². The highest BCUT2D eigenvalue weighted by Gasteiger charge is 2.06. The zero-order chi connectivity index (χ0) is 12.4. The van der Waals surface area contributed by atoms with Crippen LogP contribution in [0.4, 0.5) is 17.2 Å². The van der Waals surface area contributed by atoms with E-state index in [1.54, 1.807) is 18.0 Å². The molecule has 3 N–H and O–H groups in total. The van der Waals surface area contributed by atoms with Crippen LogP contribution in [0.2, 0.25) is 0 Å². The van der Waals surface area contributed by atoms with Gasteiger partial charge < -0.3 is 15.8 Å². The fourth-order valence-corrected chi connectivity index (χ4v) is 1.63. The molecule has 0 saturated heterocycles. The van der Waals surface area contributed by atoms with E-state index in [2.05, 4.69) is 10.4 Å². The number of anilines is 3. The minimum atomic E-state index is 0.628. The molecule has 1 aromatic heterocycles. The van der Waals surface area contributed by atoms with Crippen molar-refractivity contribution in [3.05, 3.63) is 30.0 Å². The Labute approximate surface area is 100 Å². The number of aromatic nitrogens is 2. The summed E-state index contributed by atoms with van der Waals surface area (Å²) in [5.41, 5.74) is 8.50. The van der Waals surface area contributed by atoms with Gasteiger partial charge in [-0.2, -0.15) is 5.10 Å². The van der Waals surface area contributed by atoms with Gasteiger partial charge in [-0.1, -0.05) is 0 Å². The van der Waals surface area contributed by atoms with Gasteiger partial charge in [0.05, 0.1) is 12.8 Å². The fourth-order valence-electron chi connectivity index (χ4n) is 1.63. The predicted molar refractivity (Wildman–Crippen MR) is 68.6 cm³/mol. The number of ether oxygens (including phenoxy) is 1. The standard InChI is InChI=1S/C12H16N4O/c1-8-6-9(17-3)4-5-11(8)14-12-10(13)7-16(2)15-12/h4-7H,13H2,1-3H3,(H,14,15). The van der Waals surface area contributed by atoms with Crippen molar-refractivity contribution in [3.63, 3.8) is 0 Å². The highest BCUT2D eigenvalue weighted by Crippen LogP contribution is 2.26. The third-order valence-electron chi connectivity index (χ3n) is 2.54. The number of hydrogen-bond donors (Lipinski definition) is 2. The molecule has 17 heavy (non-hydrogen) atoms. The van der Waals surface area contributed by atoms with Crippen molar-refractivity contribution >= 4 is 17.2 Å². The van der Waals surface area contributed by atoms with Crippen LogP contribution in [0.25, 0.3) is 0 Å². The van der Waals surface area contributed by atoms with Crippen LogP contribution in [-0.4, -0.2) is 16.9 Å². The predicted octanol–water partition coefficient (Wildman–Crippen LogP) is 2.06. The number of rotatable bonds is 3. The Morgan fingerprint density at radius 3 is 2.71 bits per heavy atom. The van der Waals surface area contributed by atoms with E-state index in [0.29, 0.717) is 11.5 Å². The molecule has 1 heterocycles. The maximum atomic E-state index is 5.82. The molecule has 1 aromatic carbocycles. The lowest BCUT2D eigenvalue weighted by Gasteiger charge is -2.09. The molecule has 0 amide bonds. The molecule has 0 aliphatic rings. The van der Waals surface area contributed by atoms with Crippen LogP contribution < -0.4 is 15.8 Å². The molecule has 0 saturated carbocycles.